The van der Waals surface area contributed by atoms with Crippen LogP contribution in [0.1, 0.15) is 16.7 Å². The number of aryl methyl sites for hydroxylation is 1. The van der Waals surface area contributed by atoms with Crippen molar-refractivity contribution >= 4 is 11.3 Å². The first-order valence-electron chi connectivity index (χ1n) is 5.23. The molecule has 3 nitrogen and oxygen atoms in total. The van der Waals surface area contributed by atoms with E-state index in [-0.39, 0.29) is 12.4 Å². The minimum Gasteiger partial charge on any atom is -0.386 e. The van der Waals surface area contributed by atoms with Gasteiger partial charge < -0.3 is 10.8 Å². The first-order chi connectivity index (χ1) is 8.11. The highest BCUT2D eigenvalue weighted by atomic mass is 32.1. The maximum absolute atomic E-state index is 12.8. The highest BCUT2D eigenvalue weighted by Crippen LogP contribution is 2.31. The van der Waals surface area contributed by atoms with Crippen molar-refractivity contribution in [2.24, 2.45) is 5.73 Å². The second kappa shape index (κ2) is 4.91. The summed E-state index contributed by atoms with van der Waals surface area (Å²) in [7, 11) is 0. The summed E-state index contributed by atoms with van der Waals surface area (Å²) >= 11 is 1.39. The molecule has 1 aromatic carbocycles. The first-order valence-corrected chi connectivity index (χ1v) is 6.05. The smallest absolute Gasteiger partial charge is 0.123 e. The fourth-order valence-corrected chi connectivity index (χ4v) is 2.61. The molecular weight excluding hydrogens is 239 g/mol. The van der Waals surface area contributed by atoms with E-state index in [0.717, 1.165) is 21.1 Å². The van der Waals surface area contributed by atoms with E-state index < -0.39 is 6.10 Å². The van der Waals surface area contributed by atoms with Crippen LogP contribution in [0.5, 0.6) is 0 Å². The van der Waals surface area contributed by atoms with Gasteiger partial charge in [0, 0.05) is 12.1 Å². The normalized spacial score (nSPS) is 12.7. The zero-order valence-corrected chi connectivity index (χ0v) is 10.2. The third-order valence-corrected chi connectivity index (χ3v) is 3.76. The van der Waals surface area contributed by atoms with Gasteiger partial charge in [-0.05, 0) is 31.2 Å². The van der Waals surface area contributed by atoms with E-state index >= 15 is 0 Å². The molecule has 0 amide bonds. The summed E-state index contributed by atoms with van der Waals surface area (Å²) in [5, 5.41) is 10.5. The van der Waals surface area contributed by atoms with Crippen LogP contribution in [-0.4, -0.2) is 16.6 Å². The molecule has 1 atom stereocenters. The van der Waals surface area contributed by atoms with Crippen LogP contribution in [-0.2, 0) is 0 Å². The van der Waals surface area contributed by atoms with Crippen molar-refractivity contribution in [3.8, 4) is 10.6 Å². The molecule has 0 bridgehead atoms. The van der Waals surface area contributed by atoms with Crippen LogP contribution in [0, 0.1) is 12.7 Å². The van der Waals surface area contributed by atoms with Crippen molar-refractivity contribution in [1.29, 1.82) is 0 Å². The quantitative estimate of drug-likeness (QED) is 0.880. The summed E-state index contributed by atoms with van der Waals surface area (Å²) in [5.41, 5.74) is 7.03. The summed E-state index contributed by atoms with van der Waals surface area (Å²) in [6.45, 7) is 2.00. The third-order valence-electron chi connectivity index (χ3n) is 2.45. The van der Waals surface area contributed by atoms with Gasteiger partial charge >= 0.3 is 0 Å². The van der Waals surface area contributed by atoms with Gasteiger partial charge in [0.1, 0.15) is 16.9 Å². The largest absolute Gasteiger partial charge is 0.386 e. The molecule has 1 unspecified atom stereocenters. The van der Waals surface area contributed by atoms with Crippen LogP contribution in [0.2, 0.25) is 0 Å². The zero-order chi connectivity index (χ0) is 12.4. The molecule has 2 rings (SSSR count). The molecule has 17 heavy (non-hydrogen) atoms. The summed E-state index contributed by atoms with van der Waals surface area (Å²) in [4.78, 5) is 5.13. The van der Waals surface area contributed by atoms with Gasteiger partial charge in [0.2, 0.25) is 0 Å². The van der Waals surface area contributed by atoms with Gasteiger partial charge in [-0.15, -0.1) is 11.3 Å². The Balaban J connectivity index is 2.37. The summed E-state index contributed by atoms with van der Waals surface area (Å²) in [5.74, 6) is -0.274. The number of hydrogen-bond donors (Lipinski definition) is 2. The molecule has 0 aliphatic carbocycles. The summed E-state index contributed by atoms with van der Waals surface area (Å²) < 4.78 is 12.8. The van der Waals surface area contributed by atoms with Gasteiger partial charge in [-0.25, -0.2) is 9.37 Å². The molecule has 0 saturated carbocycles. The first kappa shape index (κ1) is 12.2. The number of nitrogens with two attached hydrogens (primary N) is 1. The molecule has 3 N–H and O–H groups in total. The number of aromatic nitrogens is 1. The van der Waals surface area contributed by atoms with Crippen LogP contribution in [0.25, 0.3) is 10.6 Å². The highest BCUT2D eigenvalue weighted by molar-refractivity contribution is 7.15. The highest BCUT2D eigenvalue weighted by Gasteiger charge is 2.15. The van der Waals surface area contributed by atoms with E-state index in [9.17, 15) is 9.50 Å². The fraction of sp³-hybridized carbons (Fsp3) is 0.250. The molecule has 1 heterocycles. The molecule has 0 radical (unpaired) electrons. The molecule has 0 fully saturated rings. The Bertz CT molecular complexity index is 510. The van der Waals surface area contributed by atoms with E-state index in [2.05, 4.69) is 4.98 Å². The second-order valence-electron chi connectivity index (χ2n) is 3.73. The van der Waals surface area contributed by atoms with Crippen molar-refractivity contribution in [1.82, 2.24) is 4.98 Å². The number of hydrogen-bond acceptors (Lipinski definition) is 4. The fourth-order valence-electron chi connectivity index (χ4n) is 1.54. The maximum atomic E-state index is 12.8. The molecule has 0 aliphatic rings. The Morgan fingerprint density at radius 3 is 2.65 bits per heavy atom. The SMILES string of the molecule is Cc1nc(-c2ccc(F)cc2)sc1C(O)CN. The predicted molar refractivity (Wildman–Crippen MR) is 66.3 cm³/mol. The van der Waals surface area contributed by atoms with Crippen LogP contribution in [0.15, 0.2) is 24.3 Å². The topological polar surface area (TPSA) is 59.1 Å². The number of halogens is 1. The van der Waals surface area contributed by atoms with Crippen molar-refractivity contribution in [2.75, 3.05) is 6.54 Å². The van der Waals surface area contributed by atoms with Gasteiger partial charge in [0.25, 0.3) is 0 Å². The number of aliphatic hydroxyl groups is 1. The number of benzene rings is 1. The lowest BCUT2D eigenvalue weighted by Crippen LogP contribution is -2.10. The number of thiazole rings is 1. The average molecular weight is 252 g/mol. The summed E-state index contributed by atoms with van der Waals surface area (Å²) in [6.07, 6.45) is -0.679. The Morgan fingerprint density at radius 1 is 1.41 bits per heavy atom. The zero-order valence-electron chi connectivity index (χ0n) is 9.35. The Morgan fingerprint density at radius 2 is 2.06 bits per heavy atom. The van der Waals surface area contributed by atoms with Crippen LogP contribution in [0.4, 0.5) is 4.39 Å². The maximum Gasteiger partial charge on any atom is 0.123 e. The Hall–Kier alpha value is -1.30. The molecule has 0 saturated heterocycles. The van der Waals surface area contributed by atoms with E-state index in [0.29, 0.717) is 0 Å². The molecular formula is C12H13FN2OS. The molecule has 2 aromatic rings. The van der Waals surface area contributed by atoms with E-state index in [1.54, 1.807) is 12.1 Å². The number of aliphatic hydroxyl groups excluding tert-OH is 1. The number of nitrogens with zero attached hydrogens (tertiary/aromatic N) is 1. The number of rotatable bonds is 3. The van der Waals surface area contributed by atoms with Gasteiger partial charge in [0.05, 0.1) is 10.6 Å². The van der Waals surface area contributed by atoms with Crippen molar-refractivity contribution in [3.05, 3.63) is 40.7 Å². The average Bonchev–Trinajstić information content (AvgIpc) is 2.71. The summed E-state index contributed by atoms with van der Waals surface area (Å²) in [6, 6.07) is 6.13. The van der Waals surface area contributed by atoms with Gasteiger partial charge in [-0.1, -0.05) is 0 Å². The molecule has 0 aliphatic heterocycles. The third kappa shape index (κ3) is 2.52. The van der Waals surface area contributed by atoms with Crippen molar-refractivity contribution < 1.29 is 9.50 Å². The second-order valence-corrected chi connectivity index (χ2v) is 4.76. The minimum absolute atomic E-state index is 0.173. The lowest BCUT2D eigenvalue weighted by Gasteiger charge is -2.03. The van der Waals surface area contributed by atoms with E-state index in [4.69, 9.17) is 5.73 Å². The van der Waals surface area contributed by atoms with E-state index in [1.165, 1.54) is 23.5 Å². The lowest BCUT2D eigenvalue weighted by molar-refractivity contribution is 0.189. The van der Waals surface area contributed by atoms with Gasteiger partial charge in [-0.2, -0.15) is 0 Å². The standard InChI is InChI=1S/C12H13FN2OS/c1-7-11(10(16)6-14)17-12(15-7)8-2-4-9(13)5-3-8/h2-5,10,16H,6,14H2,1H3. The molecule has 90 valence electrons. The van der Waals surface area contributed by atoms with E-state index in [1.807, 2.05) is 6.92 Å². The predicted octanol–water partition coefficient (Wildman–Crippen LogP) is 2.25. The van der Waals surface area contributed by atoms with Crippen LogP contribution >= 0.6 is 11.3 Å². The monoisotopic (exact) mass is 252 g/mol. The Labute approximate surface area is 103 Å². The Kier molecular flexibility index (Phi) is 3.51. The van der Waals surface area contributed by atoms with Crippen LogP contribution < -0.4 is 5.73 Å². The molecule has 5 heteroatoms. The van der Waals surface area contributed by atoms with Gasteiger partial charge in [0.15, 0.2) is 0 Å². The van der Waals surface area contributed by atoms with Gasteiger partial charge in [-0.3, -0.25) is 0 Å². The molecule has 1 aromatic heterocycles. The van der Waals surface area contributed by atoms with Crippen LogP contribution in [0.3, 0.4) is 0 Å². The minimum atomic E-state index is -0.679. The lowest BCUT2D eigenvalue weighted by atomic mass is 10.2. The van der Waals surface area contributed by atoms with Crippen molar-refractivity contribution in [3.63, 3.8) is 0 Å². The molecule has 0 spiro atoms. The van der Waals surface area contributed by atoms with Crippen molar-refractivity contribution in [2.45, 2.75) is 13.0 Å².